The van der Waals surface area contributed by atoms with Gasteiger partial charge in [0.05, 0.1) is 5.56 Å². The van der Waals surface area contributed by atoms with E-state index in [4.69, 9.17) is 5.26 Å². The Morgan fingerprint density at radius 3 is 2.48 bits per heavy atom. The van der Waals surface area contributed by atoms with Gasteiger partial charge in [0.2, 0.25) is 0 Å². The minimum atomic E-state index is -1.28. The van der Waals surface area contributed by atoms with Crippen LogP contribution in [0.1, 0.15) is 61.9 Å². The van der Waals surface area contributed by atoms with E-state index in [0.717, 1.165) is 47.6 Å². The molecule has 0 fully saturated rings. The zero-order chi connectivity index (χ0) is 22.0. The highest BCUT2D eigenvalue weighted by Gasteiger charge is 2.37. The van der Waals surface area contributed by atoms with Gasteiger partial charge in [-0.2, -0.15) is 5.26 Å². The maximum Gasteiger partial charge on any atom is 0.141 e. The molecule has 1 nitrogen and oxygen atoms in total. The molecule has 1 aliphatic rings. The second kappa shape index (κ2) is 9.14. The Bertz CT molecular complexity index is 1130. The summed E-state index contributed by atoms with van der Waals surface area (Å²) in [7, 11) is 0. The molecular formula is C27H26F3N. The summed E-state index contributed by atoms with van der Waals surface area (Å²) in [6.45, 7) is 2.13. The SMILES string of the molecule is CCCCCC[C@H]1C(F)c2ccc3cc(-c4ccc(C#N)c(F)c4)ccc3c2C[C@@H]1F. The molecule has 0 bridgehead atoms. The van der Waals surface area contributed by atoms with E-state index in [1.165, 1.54) is 12.1 Å². The Morgan fingerprint density at radius 1 is 0.968 bits per heavy atom. The molecule has 0 radical (unpaired) electrons. The zero-order valence-corrected chi connectivity index (χ0v) is 17.7. The van der Waals surface area contributed by atoms with Gasteiger partial charge in [-0.15, -0.1) is 0 Å². The van der Waals surface area contributed by atoms with Gasteiger partial charge in [0.25, 0.3) is 0 Å². The lowest BCUT2D eigenvalue weighted by Crippen LogP contribution is -2.29. The van der Waals surface area contributed by atoms with E-state index in [1.807, 2.05) is 30.3 Å². The third-order valence-electron chi connectivity index (χ3n) is 6.52. The molecule has 0 heterocycles. The van der Waals surface area contributed by atoms with Crippen LogP contribution in [0.5, 0.6) is 0 Å². The molecule has 1 unspecified atom stereocenters. The van der Waals surface area contributed by atoms with E-state index in [0.29, 0.717) is 17.5 Å². The van der Waals surface area contributed by atoms with Gasteiger partial charge < -0.3 is 0 Å². The number of hydrogen-bond donors (Lipinski definition) is 0. The fourth-order valence-corrected chi connectivity index (χ4v) is 4.76. The van der Waals surface area contributed by atoms with E-state index in [9.17, 15) is 8.78 Å². The Kier molecular flexibility index (Phi) is 6.32. The number of halogens is 3. The van der Waals surface area contributed by atoms with Crippen molar-refractivity contribution in [3.05, 3.63) is 71.0 Å². The zero-order valence-electron chi connectivity index (χ0n) is 17.7. The first kappa shape index (κ1) is 21.4. The van der Waals surface area contributed by atoms with Crippen molar-refractivity contribution < 1.29 is 13.2 Å². The van der Waals surface area contributed by atoms with E-state index in [2.05, 4.69) is 6.92 Å². The van der Waals surface area contributed by atoms with Crippen LogP contribution in [0.25, 0.3) is 21.9 Å². The lowest BCUT2D eigenvalue weighted by atomic mass is 9.77. The summed E-state index contributed by atoms with van der Waals surface area (Å²) in [4.78, 5) is 0. The first-order valence-corrected chi connectivity index (χ1v) is 11.1. The largest absolute Gasteiger partial charge is 0.247 e. The molecule has 0 saturated carbocycles. The number of benzene rings is 3. The Morgan fingerprint density at radius 2 is 1.74 bits per heavy atom. The second-order valence-electron chi connectivity index (χ2n) is 8.51. The minimum absolute atomic E-state index is 0.00540. The van der Waals surface area contributed by atoms with Gasteiger partial charge in [-0.25, -0.2) is 13.2 Å². The number of nitriles is 1. The van der Waals surface area contributed by atoms with Crippen LogP contribution < -0.4 is 0 Å². The molecule has 4 heteroatoms. The predicted octanol–water partition coefficient (Wildman–Crippen LogP) is 8.01. The van der Waals surface area contributed by atoms with Crippen molar-refractivity contribution in [2.45, 2.75) is 57.8 Å². The van der Waals surface area contributed by atoms with Gasteiger partial charge in [-0.05, 0) is 57.6 Å². The number of nitrogens with zero attached hydrogens (tertiary/aromatic N) is 1. The van der Waals surface area contributed by atoms with Gasteiger partial charge >= 0.3 is 0 Å². The molecule has 3 aromatic carbocycles. The van der Waals surface area contributed by atoms with Crippen molar-refractivity contribution in [2.75, 3.05) is 0 Å². The fraction of sp³-hybridized carbons (Fsp3) is 0.370. The molecule has 3 atom stereocenters. The van der Waals surface area contributed by atoms with Crippen molar-refractivity contribution in [3.8, 4) is 17.2 Å². The number of alkyl halides is 2. The fourth-order valence-electron chi connectivity index (χ4n) is 4.76. The van der Waals surface area contributed by atoms with E-state index in [-0.39, 0.29) is 12.0 Å². The smallest absolute Gasteiger partial charge is 0.141 e. The molecule has 4 rings (SSSR count). The number of fused-ring (bicyclic) bond motifs is 3. The van der Waals surface area contributed by atoms with Crippen LogP contribution in [0, 0.1) is 23.1 Å². The maximum atomic E-state index is 15.3. The highest BCUT2D eigenvalue weighted by atomic mass is 19.1. The van der Waals surface area contributed by atoms with Gasteiger partial charge in [0.1, 0.15) is 24.2 Å². The van der Waals surface area contributed by atoms with Crippen molar-refractivity contribution in [2.24, 2.45) is 5.92 Å². The van der Waals surface area contributed by atoms with Crippen LogP contribution in [0.2, 0.25) is 0 Å². The van der Waals surface area contributed by atoms with Gasteiger partial charge in [0, 0.05) is 12.3 Å². The van der Waals surface area contributed by atoms with Crippen LogP contribution in [0.3, 0.4) is 0 Å². The summed E-state index contributed by atoms with van der Waals surface area (Å²) in [6, 6.07) is 15.6. The third kappa shape index (κ3) is 4.19. The van der Waals surface area contributed by atoms with E-state index in [1.54, 1.807) is 12.1 Å². The van der Waals surface area contributed by atoms with Crippen LogP contribution in [0.4, 0.5) is 13.2 Å². The van der Waals surface area contributed by atoms with Gasteiger partial charge in [0.15, 0.2) is 0 Å². The molecule has 160 valence electrons. The average molecular weight is 422 g/mol. The van der Waals surface area contributed by atoms with Crippen LogP contribution in [-0.2, 0) is 6.42 Å². The summed E-state index contributed by atoms with van der Waals surface area (Å²) in [6.07, 6.45) is 2.46. The Balaban J connectivity index is 1.64. The van der Waals surface area contributed by atoms with E-state index >= 15 is 4.39 Å². The molecule has 0 saturated heterocycles. The molecule has 31 heavy (non-hydrogen) atoms. The molecule has 0 spiro atoms. The highest BCUT2D eigenvalue weighted by Crippen LogP contribution is 2.44. The molecule has 0 aliphatic heterocycles. The second-order valence-corrected chi connectivity index (χ2v) is 8.51. The quantitative estimate of drug-likeness (QED) is 0.370. The molecule has 3 aromatic rings. The molecule has 0 N–H and O–H groups in total. The molecule has 0 amide bonds. The van der Waals surface area contributed by atoms with Crippen molar-refractivity contribution in [1.29, 1.82) is 5.26 Å². The summed E-state index contributed by atoms with van der Waals surface area (Å²) >= 11 is 0. The molecule has 0 aromatic heterocycles. The van der Waals surface area contributed by atoms with Gasteiger partial charge in [-0.1, -0.05) is 62.9 Å². The average Bonchev–Trinajstić information content (AvgIpc) is 2.78. The third-order valence-corrected chi connectivity index (χ3v) is 6.52. The van der Waals surface area contributed by atoms with Crippen LogP contribution in [-0.4, -0.2) is 6.17 Å². The summed E-state index contributed by atoms with van der Waals surface area (Å²) < 4.78 is 44.3. The van der Waals surface area contributed by atoms with Gasteiger partial charge in [-0.3, -0.25) is 0 Å². The predicted molar refractivity (Wildman–Crippen MR) is 119 cm³/mol. The number of hydrogen-bond acceptors (Lipinski definition) is 1. The summed E-state index contributed by atoms with van der Waals surface area (Å²) in [5, 5.41) is 10.6. The standard InChI is InChI=1S/C27H26F3N/c1-2-3-4-5-6-23-26(29)15-24-21-11-9-17(13-19(21)10-12-22(24)27(23)30)18-7-8-20(16-31)25(28)14-18/h7-14,23,26-27H,2-6,15H2,1H3/t23-,26+,27?/m1/s1. The summed E-state index contributed by atoms with van der Waals surface area (Å²) in [5.74, 6) is -1.13. The Labute approximate surface area is 181 Å². The Hall–Kier alpha value is -2.80. The monoisotopic (exact) mass is 421 g/mol. The first-order chi connectivity index (χ1) is 15.0. The number of unbranched alkanes of at least 4 members (excludes halogenated alkanes) is 3. The van der Waals surface area contributed by atoms with Crippen LogP contribution in [0.15, 0.2) is 48.5 Å². The van der Waals surface area contributed by atoms with Crippen molar-refractivity contribution in [1.82, 2.24) is 0 Å². The van der Waals surface area contributed by atoms with Crippen LogP contribution >= 0.6 is 0 Å². The number of rotatable bonds is 6. The maximum absolute atomic E-state index is 15.3. The summed E-state index contributed by atoms with van der Waals surface area (Å²) in [5.41, 5.74) is 2.83. The topological polar surface area (TPSA) is 23.8 Å². The van der Waals surface area contributed by atoms with Crippen molar-refractivity contribution in [3.63, 3.8) is 0 Å². The molecule has 1 aliphatic carbocycles. The normalized spacial score (nSPS) is 20.4. The highest BCUT2D eigenvalue weighted by molar-refractivity contribution is 5.91. The first-order valence-electron chi connectivity index (χ1n) is 11.1. The van der Waals surface area contributed by atoms with Crippen molar-refractivity contribution >= 4 is 10.8 Å². The lowest BCUT2D eigenvalue weighted by molar-refractivity contribution is 0.101. The minimum Gasteiger partial charge on any atom is -0.247 e. The molecular weight excluding hydrogens is 395 g/mol. The lowest BCUT2D eigenvalue weighted by Gasteiger charge is -2.32. The van der Waals surface area contributed by atoms with E-state index < -0.39 is 24.1 Å².